The number of hydrogen-bond acceptors (Lipinski definition) is 3. The highest BCUT2D eigenvalue weighted by molar-refractivity contribution is 6.84. The lowest BCUT2D eigenvalue weighted by molar-refractivity contribution is -0.0413. The first kappa shape index (κ1) is 13.4. The van der Waals surface area contributed by atoms with Gasteiger partial charge < -0.3 is 9.94 Å². The van der Waals surface area contributed by atoms with Gasteiger partial charge in [0.2, 0.25) is 0 Å². The topological polar surface area (TPSA) is 41.8 Å². The fraction of sp³-hybridized carbons (Fsp3) is 0.438. The highest BCUT2D eigenvalue weighted by atomic mass is 28.3. The highest BCUT2D eigenvalue weighted by Crippen LogP contribution is 2.50. The second-order valence-electron chi connectivity index (χ2n) is 6.61. The van der Waals surface area contributed by atoms with Crippen LogP contribution in [0.3, 0.4) is 0 Å². The Bertz CT molecular complexity index is 636. The van der Waals surface area contributed by atoms with E-state index in [0.29, 0.717) is 12.8 Å². The molecule has 1 spiro atoms. The molecule has 0 bridgehead atoms. The van der Waals surface area contributed by atoms with Crippen LogP contribution in [0.2, 0.25) is 19.6 Å². The zero-order chi connectivity index (χ0) is 14.4. The molecular weight excluding hydrogens is 266 g/mol. The van der Waals surface area contributed by atoms with Gasteiger partial charge in [-0.25, -0.2) is 0 Å². The number of aliphatic hydroxyl groups is 1. The van der Waals surface area contributed by atoms with Gasteiger partial charge in [0, 0.05) is 18.4 Å². The standard InChI is InChI=1S/C16H19NO2Si/c1-20(2,3)9-8-12-10-16(19-17-12)11-15(18)13-6-4-5-7-14(13)16/h4-7,15,18H,10-11H2,1-3H3. The molecule has 0 amide bonds. The van der Waals surface area contributed by atoms with Crippen LogP contribution in [0, 0.1) is 11.5 Å². The van der Waals surface area contributed by atoms with E-state index in [1.807, 2.05) is 24.3 Å². The maximum absolute atomic E-state index is 10.2. The summed E-state index contributed by atoms with van der Waals surface area (Å²) in [6.07, 6.45) is 0.762. The highest BCUT2D eigenvalue weighted by Gasteiger charge is 2.49. The summed E-state index contributed by atoms with van der Waals surface area (Å²) in [5.74, 6) is 3.17. The van der Waals surface area contributed by atoms with E-state index in [-0.39, 0.29) is 0 Å². The number of rotatable bonds is 0. The fourth-order valence-corrected chi connectivity index (χ4v) is 3.31. The number of fused-ring (bicyclic) bond motifs is 2. The van der Waals surface area contributed by atoms with Crippen molar-refractivity contribution in [3.05, 3.63) is 35.4 Å². The molecule has 1 aromatic rings. The van der Waals surface area contributed by atoms with Gasteiger partial charge >= 0.3 is 0 Å². The molecule has 0 saturated heterocycles. The second-order valence-corrected chi connectivity index (χ2v) is 11.4. The van der Waals surface area contributed by atoms with E-state index in [1.165, 1.54) is 0 Å². The minimum atomic E-state index is -1.41. The van der Waals surface area contributed by atoms with E-state index in [2.05, 4.69) is 36.3 Å². The monoisotopic (exact) mass is 285 g/mol. The molecule has 104 valence electrons. The van der Waals surface area contributed by atoms with Crippen LogP contribution in [0.1, 0.15) is 30.1 Å². The minimum Gasteiger partial charge on any atom is -0.388 e. The molecule has 3 nitrogen and oxygen atoms in total. The molecule has 20 heavy (non-hydrogen) atoms. The van der Waals surface area contributed by atoms with Gasteiger partial charge in [-0.05, 0) is 5.56 Å². The average molecular weight is 285 g/mol. The second kappa shape index (κ2) is 4.47. The van der Waals surface area contributed by atoms with Crippen LogP contribution >= 0.6 is 0 Å². The zero-order valence-corrected chi connectivity index (χ0v) is 13.1. The van der Waals surface area contributed by atoms with Gasteiger partial charge in [0.05, 0.1) is 6.10 Å². The molecule has 0 radical (unpaired) electrons. The summed E-state index contributed by atoms with van der Waals surface area (Å²) in [6.45, 7) is 6.63. The number of nitrogens with zero attached hydrogens (tertiary/aromatic N) is 1. The lowest BCUT2D eigenvalue weighted by atomic mass is 9.91. The first-order valence-electron chi connectivity index (χ1n) is 6.95. The molecule has 0 saturated carbocycles. The molecule has 1 heterocycles. The largest absolute Gasteiger partial charge is 0.388 e. The first-order chi connectivity index (χ1) is 9.40. The van der Waals surface area contributed by atoms with Crippen molar-refractivity contribution in [1.82, 2.24) is 0 Å². The third-order valence-electron chi connectivity index (χ3n) is 3.70. The molecule has 0 aromatic heterocycles. The third kappa shape index (κ3) is 2.28. The Morgan fingerprint density at radius 2 is 2.10 bits per heavy atom. The summed E-state index contributed by atoms with van der Waals surface area (Å²) in [5.41, 5.74) is 5.64. The van der Waals surface area contributed by atoms with E-state index >= 15 is 0 Å². The van der Waals surface area contributed by atoms with Crippen LogP contribution in [0.15, 0.2) is 29.4 Å². The van der Waals surface area contributed by atoms with Crippen LogP contribution in [-0.4, -0.2) is 18.9 Å². The van der Waals surface area contributed by atoms with Gasteiger partial charge in [0.25, 0.3) is 0 Å². The minimum absolute atomic E-state index is 0.467. The smallest absolute Gasteiger partial charge is 0.172 e. The van der Waals surface area contributed by atoms with Crippen molar-refractivity contribution in [2.45, 2.75) is 44.2 Å². The van der Waals surface area contributed by atoms with Gasteiger partial charge in [0.15, 0.2) is 5.60 Å². The Labute approximate surface area is 120 Å². The van der Waals surface area contributed by atoms with Gasteiger partial charge in [0.1, 0.15) is 13.8 Å². The lowest BCUT2D eigenvalue weighted by Gasteiger charge is -2.21. The van der Waals surface area contributed by atoms with Crippen LogP contribution < -0.4 is 0 Å². The van der Waals surface area contributed by atoms with Crippen LogP contribution in [0.25, 0.3) is 0 Å². The van der Waals surface area contributed by atoms with E-state index in [4.69, 9.17) is 4.84 Å². The number of benzene rings is 1. The van der Waals surface area contributed by atoms with Crippen molar-refractivity contribution in [1.29, 1.82) is 0 Å². The summed E-state index contributed by atoms with van der Waals surface area (Å²) in [4.78, 5) is 5.72. The molecule has 1 aliphatic heterocycles. The number of hydrogen-bond donors (Lipinski definition) is 1. The summed E-state index contributed by atoms with van der Waals surface area (Å²) >= 11 is 0. The van der Waals surface area contributed by atoms with Gasteiger partial charge in [-0.15, -0.1) is 5.54 Å². The molecule has 1 aliphatic carbocycles. The summed E-state index contributed by atoms with van der Waals surface area (Å²) in [6, 6.07) is 7.91. The first-order valence-corrected chi connectivity index (χ1v) is 10.5. The summed E-state index contributed by atoms with van der Waals surface area (Å²) in [7, 11) is -1.41. The summed E-state index contributed by atoms with van der Waals surface area (Å²) in [5, 5.41) is 14.4. The Morgan fingerprint density at radius 1 is 1.35 bits per heavy atom. The Balaban J connectivity index is 1.87. The third-order valence-corrected chi connectivity index (χ3v) is 4.57. The van der Waals surface area contributed by atoms with Crippen molar-refractivity contribution in [2.24, 2.45) is 5.16 Å². The van der Waals surface area contributed by atoms with E-state index in [1.54, 1.807) is 0 Å². The number of aliphatic hydroxyl groups excluding tert-OH is 1. The molecule has 2 atom stereocenters. The molecule has 4 heteroatoms. The van der Waals surface area contributed by atoms with Crippen molar-refractivity contribution in [3.8, 4) is 11.5 Å². The van der Waals surface area contributed by atoms with Crippen LogP contribution in [0.5, 0.6) is 0 Å². The number of oxime groups is 1. The molecular formula is C16H19NO2Si. The predicted molar refractivity (Wildman–Crippen MR) is 82.0 cm³/mol. The van der Waals surface area contributed by atoms with Gasteiger partial charge in [-0.2, -0.15) is 0 Å². The maximum Gasteiger partial charge on any atom is 0.172 e. The van der Waals surface area contributed by atoms with E-state index in [9.17, 15) is 5.11 Å². The van der Waals surface area contributed by atoms with E-state index in [0.717, 1.165) is 16.8 Å². The Kier molecular flexibility index (Phi) is 3.00. The Hall–Kier alpha value is -1.57. The molecule has 1 aromatic carbocycles. The zero-order valence-electron chi connectivity index (χ0n) is 12.1. The molecule has 0 fully saturated rings. The normalized spacial score (nSPS) is 27.6. The molecule has 2 unspecified atom stereocenters. The van der Waals surface area contributed by atoms with Crippen molar-refractivity contribution < 1.29 is 9.94 Å². The fourth-order valence-electron chi connectivity index (χ4n) is 2.79. The average Bonchev–Trinajstić information content (AvgIpc) is 2.91. The Morgan fingerprint density at radius 3 is 2.85 bits per heavy atom. The lowest BCUT2D eigenvalue weighted by Crippen LogP contribution is -2.23. The summed E-state index contributed by atoms with van der Waals surface area (Å²) < 4.78 is 0. The predicted octanol–water partition coefficient (Wildman–Crippen LogP) is 2.98. The van der Waals surface area contributed by atoms with Crippen molar-refractivity contribution in [2.75, 3.05) is 0 Å². The van der Waals surface area contributed by atoms with Crippen molar-refractivity contribution >= 4 is 13.8 Å². The van der Waals surface area contributed by atoms with E-state index < -0.39 is 19.8 Å². The van der Waals surface area contributed by atoms with Crippen LogP contribution in [-0.2, 0) is 10.4 Å². The van der Waals surface area contributed by atoms with Gasteiger partial charge in [-0.3, -0.25) is 0 Å². The quantitative estimate of drug-likeness (QED) is 0.588. The molecule has 1 N–H and O–H groups in total. The van der Waals surface area contributed by atoms with Crippen LogP contribution in [0.4, 0.5) is 0 Å². The maximum atomic E-state index is 10.2. The van der Waals surface area contributed by atoms with Gasteiger partial charge in [-0.1, -0.05) is 55.0 Å². The SMILES string of the molecule is C[Si](C)(C)C#CC1=NOC2(C1)CC(O)c1ccccc12. The molecule has 3 rings (SSSR count). The van der Waals surface area contributed by atoms with Crippen molar-refractivity contribution in [3.63, 3.8) is 0 Å². The molecule has 2 aliphatic rings.